The lowest BCUT2D eigenvalue weighted by molar-refractivity contribution is -0.136. The van der Waals surface area contributed by atoms with Gasteiger partial charge in [-0.05, 0) is 24.6 Å². The van der Waals surface area contributed by atoms with Crippen LogP contribution in [0.5, 0.6) is 0 Å². The van der Waals surface area contributed by atoms with Crippen LogP contribution in [0.15, 0.2) is 58.5 Å². The van der Waals surface area contributed by atoms with Crippen molar-refractivity contribution in [3.63, 3.8) is 0 Å². The molecule has 0 bridgehead atoms. The number of amides is 1. The van der Waals surface area contributed by atoms with Crippen molar-refractivity contribution in [3.05, 3.63) is 70.0 Å². The monoisotopic (exact) mass is 461 g/mol. The van der Waals surface area contributed by atoms with Gasteiger partial charge in [-0.1, -0.05) is 53.7 Å². The van der Waals surface area contributed by atoms with E-state index in [0.29, 0.717) is 16.1 Å². The van der Waals surface area contributed by atoms with Gasteiger partial charge >= 0.3 is 6.18 Å². The largest absolute Gasteiger partial charge is 0.405 e. The zero-order chi connectivity index (χ0) is 22.9. The highest BCUT2D eigenvalue weighted by atomic mass is 32.2. The fraction of sp³-hybridized carbons (Fsp3) is 0.238. The van der Waals surface area contributed by atoms with Crippen LogP contribution in [0.1, 0.15) is 11.1 Å². The minimum Gasteiger partial charge on any atom is -0.346 e. The first-order valence-electron chi connectivity index (χ1n) is 9.61. The molecule has 0 atom stereocenters. The van der Waals surface area contributed by atoms with Crippen LogP contribution in [0, 0.1) is 6.92 Å². The van der Waals surface area contributed by atoms with Crippen molar-refractivity contribution in [3.8, 4) is 0 Å². The molecule has 2 heterocycles. The number of thioether (sulfide) groups is 1. The summed E-state index contributed by atoms with van der Waals surface area (Å²) < 4.78 is 40.1. The van der Waals surface area contributed by atoms with E-state index in [1.54, 1.807) is 28.7 Å². The first kappa shape index (κ1) is 21.9. The van der Waals surface area contributed by atoms with Crippen LogP contribution >= 0.6 is 11.8 Å². The predicted octanol–water partition coefficient (Wildman–Crippen LogP) is 3.17. The van der Waals surface area contributed by atoms with E-state index in [-0.39, 0.29) is 23.6 Å². The molecule has 4 rings (SSSR count). The van der Waals surface area contributed by atoms with Gasteiger partial charge in [0, 0.05) is 0 Å². The number of fused-ring (bicyclic) bond motifs is 3. The van der Waals surface area contributed by atoms with Crippen LogP contribution < -0.4 is 10.9 Å². The third-order valence-corrected chi connectivity index (χ3v) is 5.69. The summed E-state index contributed by atoms with van der Waals surface area (Å²) in [6, 6.07) is 14.7. The Morgan fingerprint density at radius 2 is 1.81 bits per heavy atom. The molecule has 1 amide bonds. The van der Waals surface area contributed by atoms with Crippen molar-refractivity contribution in [2.45, 2.75) is 24.8 Å². The fourth-order valence-electron chi connectivity index (χ4n) is 3.23. The number of hydrogen-bond acceptors (Lipinski definition) is 5. The van der Waals surface area contributed by atoms with Crippen LogP contribution in [0.3, 0.4) is 0 Å². The molecule has 4 aromatic rings. The van der Waals surface area contributed by atoms with Crippen molar-refractivity contribution in [2.24, 2.45) is 0 Å². The Hall–Kier alpha value is -3.34. The number of carbonyl (C=O) groups excluding carboxylic acids is 1. The van der Waals surface area contributed by atoms with E-state index in [1.807, 2.05) is 36.5 Å². The summed E-state index contributed by atoms with van der Waals surface area (Å²) in [5.41, 5.74) is 2.31. The number of halogens is 3. The fourth-order valence-corrected chi connectivity index (χ4v) is 4.00. The molecule has 0 saturated heterocycles. The number of nitrogens with zero attached hydrogens (tertiary/aromatic N) is 4. The molecule has 0 aliphatic carbocycles. The first-order valence-corrected chi connectivity index (χ1v) is 10.6. The van der Waals surface area contributed by atoms with Crippen LogP contribution in [0.25, 0.3) is 16.7 Å². The van der Waals surface area contributed by atoms with E-state index in [2.05, 4.69) is 10.2 Å². The van der Waals surface area contributed by atoms with Crippen molar-refractivity contribution in [1.82, 2.24) is 24.5 Å². The maximum Gasteiger partial charge on any atom is 0.405 e. The summed E-state index contributed by atoms with van der Waals surface area (Å²) in [6.45, 7) is 0.839. The number of alkyl halides is 3. The van der Waals surface area contributed by atoms with Crippen molar-refractivity contribution in [1.29, 1.82) is 0 Å². The summed E-state index contributed by atoms with van der Waals surface area (Å²) in [6.07, 6.45) is -4.48. The molecule has 0 spiro atoms. The Morgan fingerprint density at radius 1 is 1.09 bits per heavy atom. The summed E-state index contributed by atoms with van der Waals surface area (Å²) in [7, 11) is 0. The molecule has 11 heteroatoms. The number of para-hydroxylation sites is 1. The van der Waals surface area contributed by atoms with E-state index in [1.165, 1.54) is 4.57 Å². The first-order chi connectivity index (χ1) is 15.2. The quantitative estimate of drug-likeness (QED) is 0.446. The van der Waals surface area contributed by atoms with E-state index >= 15 is 0 Å². The minimum atomic E-state index is -4.48. The molecular formula is C21H18F3N5O2S. The van der Waals surface area contributed by atoms with Gasteiger partial charge in [-0.2, -0.15) is 13.2 Å². The lowest BCUT2D eigenvalue weighted by Gasteiger charge is -2.12. The molecule has 2 aromatic heterocycles. The van der Waals surface area contributed by atoms with Crippen LogP contribution in [0.2, 0.25) is 0 Å². The Kier molecular flexibility index (Phi) is 5.92. The second-order valence-corrected chi connectivity index (χ2v) is 8.14. The van der Waals surface area contributed by atoms with Gasteiger partial charge in [0.1, 0.15) is 6.54 Å². The molecule has 2 aromatic carbocycles. The highest BCUT2D eigenvalue weighted by Crippen LogP contribution is 2.22. The molecule has 0 saturated carbocycles. The third-order valence-electron chi connectivity index (χ3n) is 4.76. The Morgan fingerprint density at radius 3 is 2.53 bits per heavy atom. The van der Waals surface area contributed by atoms with Gasteiger partial charge in [-0.25, -0.2) is 0 Å². The van der Waals surface area contributed by atoms with Gasteiger partial charge in [-0.15, -0.1) is 10.2 Å². The summed E-state index contributed by atoms with van der Waals surface area (Å²) in [4.78, 5) is 25.0. The number of carbonyl (C=O) groups is 1. The van der Waals surface area contributed by atoms with Gasteiger partial charge in [0.25, 0.3) is 5.56 Å². The molecule has 166 valence electrons. The van der Waals surface area contributed by atoms with E-state index in [0.717, 1.165) is 22.9 Å². The van der Waals surface area contributed by atoms with Gasteiger partial charge in [0.2, 0.25) is 11.7 Å². The number of rotatable bonds is 6. The average Bonchev–Trinajstić information content (AvgIpc) is 3.18. The molecule has 7 nitrogen and oxygen atoms in total. The van der Waals surface area contributed by atoms with Crippen LogP contribution in [-0.4, -0.2) is 43.5 Å². The highest BCUT2D eigenvalue weighted by Gasteiger charge is 2.27. The van der Waals surface area contributed by atoms with Gasteiger partial charge in [0.05, 0.1) is 23.2 Å². The van der Waals surface area contributed by atoms with E-state index < -0.39 is 18.6 Å². The third kappa shape index (κ3) is 4.62. The number of nitrogens with one attached hydrogen (secondary N) is 1. The Balaban J connectivity index is 1.72. The molecule has 0 fully saturated rings. The summed E-state index contributed by atoms with van der Waals surface area (Å²) in [5.74, 6) is -0.767. The van der Waals surface area contributed by atoms with Gasteiger partial charge in [-0.3, -0.25) is 18.6 Å². The molecule has 0 aliphatic heterocycles. The van der Waals surface area contributed by atoms with E-state index in [4.69, 9.17) is 0 Å². The predicted molar refractivity (Wildman–Crippen MR) is 115 cm³/mol. The second-order valence-electron chi connectivity index (χ2n) is 7.19. The van der Waals surface area contributed by atoms with Crippen molar-refractivity contribution in [2.75, 3.05) is 12.3 Å². The topological polar surface area (TPSA) is 81.3 Å². The van der Waals surface area contributed by atoms with Crippen molar-refractivity contribution >= 4 is 34.3 Å². The molecule has 1 N–H and O–H groups in total. The van der Waals surface area contributed by atoms with Crippen LogP contribution in [-0.2, 0) is 11.3 Å². The van der Waals surface area contributed by atoms with Gasteiger partial charge in [0.15, 0.2) is 5.16 Å². The molecule has 32 heavy (non-hydrogen) atoms. The number of benzene rings is 2. The average molecular weight is 461 g/mol. The van der Waals surface area contributed by atoms with Gasteiger partial charge < -0.3 is 5.32 Å². The number of aryl methyl sites for hydroxylation is 1. The Bertz CT molecular complexity index is 1350. The second kappa shape index (κ2) is 8.65. The molecule has 0 radical (unpaired) electrons. The van der Waals surface area contributed by atoms with Crippen LogP contribution in [0.4, 0.5) is 13.2 Å². The standard InChI is InChI=1S/C21H18F3N5O2S/c1-13-6-8-14(9-7-13)10-28-18(31)15-4-2-3-5-16(15)29-19(28)26-27-20(29)32-11-17(30)25-12-21(22,23)24/h2-9H,10-12H2,1H3,(H,25,30). The summed E-state index contributed by atoms with van der Waals surface area (Å²) >= 11 is 0.948. The Labute approximate surface area is 184 Å². The maximum atomic E-state index is 13.2. The number of aromatic nitrogens is 4. The molecular weight excluding hydrogens is 443 g/mol. The number of hydrogen-bond donors (Lipinski definition) is 1. The maximum absolute atomic E-state index is 13.2. The minimum absolute atomic E-state index is 0.236. The zero-order valence-corrected chi connectivity index (χ0v) is 17.7. The van der Waals surface area contributed by atoms with E-state index in [9.17, 15) is 22.8 Å². The normalized spacial score (nSPS) is 11.9. The molecule has 0 aliphatic rings. The lowest BCUT2D eigenvalue weighted by atomic mass is 10.1. The smallest absolute Gasteiger partial charge is 0.346 e. The lowest BCUT2D eigenvalue weighted by Crippen LogP contribution is -2.34. The zero-order valence-electron chi connectivity index (χ0n) is 16.9. The SMILES string of the molecule is Cc1ccc(Cn2c(=O)c3ccccc3n3c(SCC(=O)NCC(F)(F)F)nnc23)cc1. The summed E-state index contributed by atoms with van der Waals surface area (Å²) in [5, 5.41) is 10.8. The molecule has 0 unspecified atom stereocenters. The highest BCUT2D eigenvalue weighted by molar-refractivity contribution is 7.99. The van der Waals surface area contributed by atoms with Crippen molar-refractivity contribution < 1.29 is 18.0 Å².